The van der Waals surface area contributed by atoms with Crippen molar-refractivity contribution in [2.24, 2.45) is 4.99 Å². The minimum absolute atomic E-state index is 0.102. The summed E-state index contributed by atoms with van der Waals surface area (Å²) in [4.78, 5) is 16.7. The Bertz CT molecular complexity index is 1250. The number of fused-ring (bicyclic) bond motifs is 2. The van der Waals surface area contributed by atoms with E-state index in [1.54, 1.807) is 12.1 Å². The molecular formula is C29H34N2O5. The number of hydrogen-bond acceptors (Lipinski definition) is 6. The number of aromatic nitrogens is 1. The first-order valence-corrected chi connectivity index (χ1v) is 12.6. The Morgan fingerprint density at radius 3 is 2.67 bits per heavy atom. The molecule has 1 aliphatic carbocycles. The van der Waals surface area contributed by atoms with E-state index in [0.29, 0.717) is 50.4 Å². The van der Waals surface area contributed by atoms with Crippen molar-refractivity contribution in [2.45, 2.75) is 45.4 Å². The quantitative estimate of drug-likeness (QED) is 0.254. The zero-order valence-corrected chi connectivity index (χ0v) is 21.0. The van der Waals surface area contributed by atoms with Gasteiger partial charge in [-0.25, -0.2) is 0 Å². The lowest BCUT2D eigenvalue weighted by atomic mass is 9.89. The van der Waals surface area contributed by atoms with Crippen LogP contribution in [0.25, 0.3) is 0 Å². The number of hydrogen-bond donors (Lipinski definition) is 1. The van der Waals surface area contributed by atoms with Gasteiger partial charge in [0, 0.05) is 31.3 Å². The van der Waals surface area contributed by atoms with E-state index in [4.69, 9.17) is 14.2 Å². The largest absolute Gasteiger partial charge is 0.494 e. The first-order chi connectivity index (χ1) is 17.6. The van der Waals surface area contributed by atoms with Crippen molar-refractivity contribution in [3.05, 3.63) is 88.5 Å². The van der Waals surface area contributed by atoms with Crippen LogP contribution < -0.4 is 15.0 Å². The Kier molecular flexibility index (Phi) is 8.66. The lowest BCUT2D eigenvalue weighted by molar-refractivity contribution is -0.143. The molecule has 1 aromatic heterocycles. The predicted octanol–water partition coefficient (Wildman–Crippen LogP) is 4.68. The average Bonchev–Trinajstić information content (AvgIpc) is 3.02. The second-order valence-electron chi connectivity index (χ2n) is 8.80. The van der Waals surface area contributed by atoms with E-state index in [9.17, 15) is 10.0 Å². The third-order valence-corrected chi connectivity index (χ3v) is 6.28. The van der Waals surface area contributed by atoms with Gasteiger partial charge in [-0.05, 0) is 67.0 Å². The number of pyridine rings is 1. The van der Waals surface area contributed by atoms with Crippen LogP contribution in [-0.4, -0.2) is 42.3 Å². The minimum Gasteiger partial charge on any atom is -0.494 e. The van der Waals surface area contributed by atoms with Crippen molar-refractivity contribution < 1.29 is 24.2 Å². The van der Waals surface area contributed by atoms with Crippen LogP contribution in [0.15, 0.2) is 65.8 Å². The fourth-order valence-electron chi connectivity index (χ4n) is 4.62. The van der Waals surface area contributed by atoms with E-state index in [1.807, 2.05) is 26.0 Å². The van der Waals surface area contributed by atoms with Crippen LogP contribution in [0.3, 0.4) is 0 Å². The van der Waals surface area contributed by atoms with Crippen molar-refractivity contribution >= 4 is 5.97 Å². The lowest BCUT2D eigenvalue weighted by Crippen LogP contribution is -2.19. The van der Waals surface area contributed by atoms with E-state index in [-0.39, 0.29) is 11.9 Å². The molecular weight excluding hydrogens is 456 g/mol. The monoisotopic (exact) mass is 490 g/mol. The topological polar surface area (TPSA) is 82.3 Å². The average molecular weight is 491 g/mol. The zero-order valence-electron chi connectivity index (χ0n) is 21.0. The van der Waals surface area contributed by atoms with E-state index < -0.39 is 0 Å². The first-order valence-electron chi connectivity index (χ1n) is 12.6. The van der Waals surface area contributed by atoms with Gasteiger partial charge in [0.2, 0.25) is 0 Å². The molecule has 36 heavy (non-hydrogen) atoms. The molecule has 0 aliphatic heterocycles. The highest BCUT2D eigenvalue weighted by Gasteiger charge is 2.24. The van der Waals surface area contributed by atoms with E-state index in [2.05, 4.69) is 35.3 Å². The molecule has 0 amide bonds. The van der Waals surface area contributed by atoms with Gasteiger partial charge in [0.05, 0.1) is 26.2 Å². The Balaban J connectivity index is 1.40. The maximum Gasteiger partial charge on any atom is 0.306 e. The van der Waals surface area contributed by atoms with Crippen molar-refractivity contribution in [3.8, 4) is 11.5 Å². The fraction of sp³-hybridized carbons (Fsp3) is 0.379. The summed E-state index contributed by atoms with van der Waals surface area (Å²) in [6, 6.07) is 18.0. The summed E-state index contributed by atoms with van der Waals surface area (Å²) in [6.45, 7) is 5.74. The van der Waals surface area contributed by atoms with Gasteiger partial charge in [-0.3, -0.25) is 9.79 Å². The molecule has 1 heterocycles. The van der Waals surface area contributed by atoms with Crippen LogP contribution in [-0.2, 0) is 22.4 Å². The summed E-state index contributed by atoms with van der Waals surface area (Å²) < 4.78 is 17.7. The highest BCUT2D eigenvalue weighted by atomic mass is 16.5. The number of ether oxygens (including phenoxy) is 3. The zero-order chi connectivity index (χ0) is 25.3. The number of nitrogens with zero attached hydrogens (tertiary/aromatic N) is 2. The second kappa shape index (κ2) is 12.3. The number of esters is 1. The maximum atomic E-state index is 12.3. The van der Waals surface area contributed by atoms with Gasteiger partial charge >= 0.3 is 5.97 Å². The van der Waals surface area contributed by atoms with Crippen LogP contribution >= 0.6 is 0 Å². The number of carbonyl (C=O) groups excluding carboxylic acids is 1. The van der Waals surface area contributed by atoms with Gasteiger partial charge in [-0.1, -0.05) is 30.3 Å². The Morgan fingerprint density at radius 1 is 1.00 bits per heavy atom. The standard InChI is InChI=1S/C29H34N2O5/c1-3-34-26-12-14-31(33)28(20-26)30-13-7-15-36-25-11-10-21-16-24(19-29(32)35-4-2)27-9-6-5-8-22(27)17-23(21)18-25/h5-6,8-12,14,18,20,24,33H,3-4,7,13,15-17,19H2,1-2H3. The van der Waals surface area contributed by atoms with Crippen LogP contribution in [0.1, 0.15) is 54.9 Å². The fourth-order valence-corrected chi connectivity index (χ4v) is 4.62. The van der Waals surface area contributed by atoms with Crippen LogP contribution in [0, 0.1) is 0 Å². The van der Waals surface area contributed by atoms with Gasteiger partial charge in [0.15, 0.2) is 5.49 Å². The summed E-state index contributed by atoms with van der Waals surface area (Å²) in [5.74, 6) is 1.45. The molecule has 0 fully saturated rings. The van der Waals surface area contributed by atoms with E-state index in [0.717, 1.165) is 23.3 Å². The molecule has 190 valence electrons. The van der Waals surface area contributed by atoms with Crippen molar-refractivity contribution in [3.63, 3.8) is 0 Å². The summed E-state index contributed by atoms with van der Waals surface area (Å²) in [5, 5.41) is 9.95. The second-order valence-corrected chi connectivity index (χ2v) is 8.80. The Hall–Kier alpha value is -3.74. The Morgan fingerprint density at radius 2 is 1.83 bits per heavy atom. The molecule has 0 spiro atoms. The molecule has 1 N–H and O–H groups in total. The SMILES string of the molecule is CCOC(=O)CC1Cc2ccc(OCCCN=c3cc(OCC)ccn3O)cc2Cc2ccccc21. The smallest absolute Gasteiger partial charge is 0.306 e. The molecule has 1 aliphatic rings. The van der Waals surface area contributed by atoms with E-state index in [1.165, 1.54) is 28.5 Å². The molecule has 4 rings (SSSR count). The number of benzene rings is 2. The Labute approximate surface area is 211 Å². The normalized spacial score (nSPS) is 14.9. The van der Waals surface area contributed by atoms with Crippen molar-refractivity contribution in [1.29, 1.82) is 0 Å². The molecule has 1 atom stereocenters. The highest BCUT2D eigenvalue weighted by molar-refractivity contribution is 5.71. The van der Waals surface area contributed by atoms with Crippen molar-refractivity contribution in [2.75, 3.05) is 26.4 Å². The van der Waals surface area contributed by atoms with Crippen LogP contribution in [0.5, 0.6) is 11.5 Å². The van der Waals surface area contributed by atoms with Crippen LogP contribution in [0.2, 0.25) is 0 Å². The van der Waals surface area contributed by atoms with Gasteiger partial charge in [-0.2, -0.15) is 4.73 Å². The summed E-state index contributed by atoms with van der Waals surface area (Å²) in [5.41, 5.74) is 5.38. The van der Waals surface area contributed by atoms with Gasteiger partial charge < -0.3 is 19.4 Å². The third kappa shape index (κ3) is 6.47. The molecule has 0 saturated heterocycles. The minimum atomic E-state index is -0.151. The van der Waals surface area contributed by atoms with Gasteiger partial charge in [0.25, 0.3) is 0 Å². The number of carbonyl (C=O) groups is 1. The number of rotatable bonds is 10. The first kappa shape index (κ1) is 25.4. The molecule has 1 unspecified atom stereocenters. The summed E-state index contributed by atoms with van der Waals surface area (Å²) >= 11 is 0. The predicted molar refractivity (Wildman–Crippen MR) is 137 cm³/mol. The highest BCUT2D eigenvalue weighted by Crippen LogP contribution is 2.35. The summed E-state index contributed by atoms with van der Waals surface area (Å²) in [6.07, 6.45) is 4.22. The van der Waals surface area contributed by atoms with Gasteiger partial charge in [0.1, 0.15) is 11.5 Å². The van der Waals surface area contributed by atoms with Crippen LogP contribution in [0.4, 0.5) is 0 Å². The van der Waals surface area contributed by atoms with E-state index >= 15 is 0 Å². The molecule has 0 saturated carbocycles. The molecule has 3 aromatic rings. The van der Waals surface area contributed by atoms with Gasteiger partial charge in [-0.15, -0.1) is 0 Å². The molecule has 2 aromatic carbocycles. The lowest BCUT2D eigenvalue weighted by Gasteiger charge is -2.17. The molecule has 0 radical (unpaired) electrons. The maximum absolute atomic E-state index is 12.3. The molecule has 0 bridgehead atoms. The molecule has 7 nitrogen and oxygen atoms in total. The molecule has 7 heteroatoms. The summed E-state index contributed by atoms with van der Waals surface area (Å²) in [7, 11) is 0. The van der Waals surface area contributed by atoms with Crippen molar-refractivity contribution in [1.82, 2.24) is 4.73 Å². The third-order valence-electron chi connectivity index (χ3n) is 6.28.